The molecular weight excluding hydrogens is 352 g/mol. The highest BCUT2D eigenvalue weighted by molar-refractivity contribution is 5.93. The number of fused-ring (bicyclic) bond motifs is 2. The van der Waals surface area contributed by atoms with Crippen LogP contribution in [-0.4, -0.2) is 50.2 Å². The summed E-state index contributed by atoms with van der Waals surface area (Å²) in [5.74, 6) is 0. The number of hydrogen-bond acceptors (Lipinski definition) is 9. The molecule has 0 spiro atoms. The molecule has 27 heavy (non-hydrogen) atoms. The minimum atomic E-state index is -0.336. The van der Waals surface area contributed by atoms with Crippen LogP contribution < -0.4 is 11.1 Å². The minimum Gasteiger partial charge on any atom is -0.267 e. The van der Waals surface area contributed by atoms with Gasteiger partial charge in [-0.25, -0.2) is 14.0 Å². The summed E-state index contributed by atoms with van der Waals surface area (Å²) < 4.78 is 4.05. The molecule has 0 N–H and O–H groups in total. The molecular formula is C15H16N10O2. The maximum Gasteiger partial charge on any atom is 0.277 e. The molecule has 0 aliphatic rings. The van der Waals surface area contributed by atoms with Gasteiger partial charge in [-0.05, 0) is 43.3 Å². The van der Waals surface area contributed by atoms with Crippen LogP contribution in [0, 0.1) is 0 Å². The Kier molecular flexibility index (Phi) is 3.94. The van der Waals surface area contributed by atoms with Crippen LogP contribution in [-0.2, 0) is 6.54 Å². The van der Waals surface area contributed by atoms with Crippen molar-refractivity contribution >= 4 is 21.8 Å². The van der Waals surface area contributed by atoms with Gasteiger partial charge in [0.25, 0.3) is 11.1 Å². The van der Waals surface area contributed by atoms with E-state index in [2.05, 4.69) is 36.1 Å². The average Bonchev–Trinajstić information content (AvgIpc) is 3.14. The predicted molar refractivity (Wildman–Crippen MR) is 94.1 cm³/mol. The van der Waals surface area contributed by atoms with Crippen LogP contribution in [0.25, 0.3) is 21.8 Å². The van der Waals surface area contributed by atoms with Crippen LogP contribution in [0.1, 0.15) is 32.9 Å². The fourth-order valence-electron chi connectivity index (χ4n) is 2.84. The highest BCUT2D eigenvalue weighted by atomic mass is 16.1. The summed E-state index contributed by atoms with van der Waals surface area (Å²) in [7, 11) is 0. The lowest BCUT2D eigenvalue weighted by molar-refractivity contribution is 0.375. The van der Waals surface area contributed by atoms with Crippen LogP contribution in [0.15, 0.2) is 28.0 Å². The van der Waals surface area contributed by atoms with E-state index in [1.165, 1.54) is 32.5 Å². The molecule has 0 aliphatic carbocycles. The van der Waals surface area contributed by atoms with E-state index in [1.54, 1.807) is 0 Å². The van der Waals surface area contributed by atoms with Crippen molar-refractivity contribution < 1.29 is 0 Å². The van der Waals surface area contributed by atoms with E-state index in [0.29, 0.717) is 28.4 Å². The smallest absolute Gasteiger partial charge is 0.267 e. The number of tetrazole rings is 1. The van der Waals surface area contributed by atoms with Crippen molar-refractivity contribution in [3.05, 3.63) is 39.2 Å². The number of nitrogens with zero attached hydrogens (tertiary/aromatic N) is 10. The third-order valence-electron chi connectivity index (χ3n) is 4.24. The molecule has 1 unspecified atom stereocenters. The lowest BCUT2D eigenvalue weighted by atomic mass is 10.2. The van der Waals surface area contributed by atoms with E-state index in [1.807, 2.05) is 20.8 Å². The Bertz CT molecular complexity index is 1240. The van der Waals surface area contributed by atoms with E-state index in [9.17, 15) is 9.59 Å². The number of hydrogen-bond donors (Lipinski definition) is 0. The second-order valence-electron chi connectivity index (χ2n) is 6.54. The Hall–Kier alpha value is -3.57. The molecule has 3 aromatic heterocycles. The second kappa shape index (κ2) is 6.30. The first-order chi connectivity index (χ1) is 13.0. The maximum atomic E-state index is 12.9. The molecule has 12 nitrogen and oxygen atoms in total. The van der Waals surface area contributed by atoms with Crippen molar-refractivity contribution in [1.82, 2.24) is 50.2 Å². The van der Waals surface area contributed by atoms with Crippen LogP contribution in [0.2, 0.25) is 0 Å². The summed E-state index contributed by atoms with van der Waals surface area (Å²) in [6, 6.07) is 2.61. The van der Waals surface area contributed by atoms with Gasteiger partial charge in [-0.15, -0.1) is 15.3 Å². The van der Waals surface area contributed by atoms with Crippen molar-refractivity contribution in [3.63, 3.8) is 0 Å². The fraction of sp³-hybridized carbons (Fsp3) is 0.400. The Balaban J connectivity index is 1.85. The predicted octanol–water partition coefficient (Wildman–Crippen LogP) is -0.275. The Morgan fingerprint density at radius 3 is 2.04 bits per heavy atom. The SMILES string of the molecule is CC(C)n1nnc2cc3c(=O)n(C(C)Cn4cnnn4)nnc3cc2c1=O. The third kappa shape index (κ3) is 2.84. The van der Waals surface area contributed by atoms with E-state index < -0.39 is 0 Å². The van der Waals surface area contributed by atoms with Gasteiger partial charge in [0.05, 0.1) is 29.4 Å². The van der Waals surface area contributed by atoms with Gasteiger partial charge < -0.3 is 0 Å². The van der Waals surface area contributed by atoms with Crippen LogP contribution >= 0.6 is 0 Å². The average molecular weight is 368 g/mol. The standard InChI is InChI=1S/C15H16N10O2/c1-8(2)24-14(26)10-4-13-11(5-12(10)17-20-24)15(27)25(21-18-13)9(3)6-23-7-16-19-22-23/h4-5,7-9H,6H2,1-3H3. The zero-order valence-corrected chi connectivity index (χ0v) is 14.9. The molecule has 0 saturated carbocycles. The molecule has 1 aromatic carbocycles. The summed E-state index contributed by atoms with van der Waals surface area (Å²) in [6.07, 6.45) is 1.46. The van der Waals surface area contributed by atoms with Gasteiger partial charge in [-0.1, -0.05) is 10.4 Å². The molecule has 0 bridgehead atoms. The van der Waals surface area contributed by atoms with E-state index in [0.717, 1.165) is 0 Å². The highest BCUT2D eigenvalue weighted by Gasteiger charge is 2.16. The third-order valence-corrected chi connectivity index (χ3v) is 4.24. The van der Waals surface area contributed by atoms with Gasteiger partial charge in [0.1, 0.15) is 17.4 Å². The number of rotatable bonds is 4. The van der Waals surface area contributed by atoms with E-state index in [-0.39, 0.29) is 23.2 Å². The fourth-order valence-corrected chi connectivity index (χ4v) is 2.84. The topological polar surface area (TPSA) is 139 Å². The van der Waals surface area contributed by atoms with E-state index >= 15 is 0 Å². The largest absolute Gasteiger partial charge is 0.277 e. The van der Waals surface area contributed by atoms with Crippen molar-refractivity contribution in [1.29, 1.82) is 0 Å². The van der Waals surface area contributed by atoms with Crippen LogP contribution in [0.4, 0.5) is 0 Å². The molecule has 0 amide bonds. The number of benzene rings is 1. The monoisotopic (exact) mass is 368 g/mol. The summed E-state index contributed by atoms with van der Waals surface area (Å²) in [6.45, 7) is 5.85. The summed E-state index contributed by atoms with van der Waals surface area (Å²) in [4.78, 5) is 25.4. The zero-order chi connectivity index (χ0) is 19.1. The Morgan fingerprint density at radius 1 is 0.889 bits per heavy atom. The van der Waals surface area contributed by atoms with Gasteiger partial charge in [0.15, 0.2) is 0 Å². The molecule has 12 heteroatoms. The molecule has 138 valence electrons. The molecule has 3 heterocycles. The van der Waals surface area contributed by atoms with Crippen molar-refractivity contribution in [2.75, 3.05) is 0 Å². The quantitative estimate of drug-likeness (QED) is 0.445. The highest BCUT2D eigenvalue weighted by Crippen LogP contribution is 2.15. The van der Waals surface area contributed by atoms with Gasteiger partial charge in [-0.3, -0.25) is 9.59 Å². The molecule has 0 radical (unpaired) electrons. The Morgan fingerprint density at radius 2 is 1.48 bits per heavy atom. The lowest BCUT2D eigenvalue weighted by Crippen LogP contribution is -2.30. The van der Waals surface area contributed by atoms with Crippen LogP contribution in [0.3, 0.4) is 0 Å². The molecule has 0 aliphatic heterocycles. The first kappa shape index (κ1) is 16.9. The lowest BCUT2D eigenvalue weighted by Gasteiger charge is -2.13. The zero-order valence-electron chi connectivity index (χ0n) is 14.9. The van der Waals surface area contributed by atoms with Crippen molar-refractivity contribution in [2.45, 2.75) is 39.4 Å². The number of aromatic nitrogens is 10. The molecule has 1 atom stereocenters. The molecule has 0 saturated heterocycles. The summed E-state index contributed by atoms with van der Waals surface area (Å²) >= 11 is 0. The van der Waals surface area contributed by atoms with Gasteiger partial charge in [0, 0.05) is 0 Å². The molecule has 4 rings (SSSR count). The first-order valence-electron chi connectivity index (χ1n) is 8.35. The van der Waals surface area contributed by atoms with Crippen molar-refractivity contribution in [3.8, 4) is 0 Å². The summed E-state index contributed by atoms with van der Waals surface area (Å²) in [5, 5.41) is 27.7. The van der Waals surface area contributed by atoms with E-state index in [4.69, 9.17) is 0 Å². The normalized spacial score (nSPS) is 12.9. The van der Waals surface area contributed by atoms with Crippen LogP contribution in [0.5, 0.6) is 0 Å². The second-order valence-corrected chi connectivity index (χ2v) is 6.54. The van der Waals surface area contributed by atoms with Crippen molar-refractivity contribution in [2.24, 2.45) is 0 Å². The van der Waals surface area contributed by atoms with Gasteiger partial charge in [-0.2, -0.15) is 0 Å². The summed E-state index contributed by atoms with van der Waals surface area (Å²) in [5.41, 5.74) is 0.0557. The molecule has 4 aromatic rings. The maximum absolute atomic E-state index is 12.9. The van der Waals surface area contributed by atoms with Gasteiger partial charge >= 0.3 is 0 Å². The minimum absolute atomic E-state index is 0.128. The Labute approximate surface area is 151 Å². The van der Waals surface area contributed by atoms with Gasteiger partial charge in [0.2, 0.25) is 0 Å². The first-order valence-corrected chi connectivity index (χ1v) is 8.35. The molecule has 0 fully saturated rings.